The molecule has 0 saturated carbocycles. The summed E-state index contributed by atoms with van der Waals surface area (Å²) in [5.74, 6) is -0.515. The second kappa shape index (κ2) is 29.8. The van der Waals surface area contributed by atoms with Gasteiger partial charge in [-0.15, -0.1) is 11.8 Å². The lowest BCUT2D eigenvalue weighted by Gasteiger charge is -2.39. The molecule has 0 bridgehead atoms. The second-order valence-corrected chi connectivity index (χ2v) is 29.5. The number of allylic oxidation sites excluding steroid dienone is 1. The van der Waals surface area contributed by atoms with Gasteiger partial charge in [0.1, 0.15) is 0 Å². The van der Waals surface area contributed by atoms with Crippen molar-refractivity contribution in [3.05, 3.63) is 119 Å². The SMILES string of the molecule is CC1(C)CCC(c2ccc(Cl)cc2)=C(CN2CCN(c3ccc(C(=O)NSc4ccc(NC(CCN5CCC(CP(OCOC(=O)C(C)(C)C)OCOC(=O)C(C)(C)C)CC5)CSc5ccccc5)c(S(=O)C(F)(F)F)c4)cc3)CC2)C1. The van der Waals surface area contributed by atoms with Crippen molar-refractivity contribution in [2.75, 3.05) is 88.1 Å². The fraction of sp³-hybridized carbons (Fsp3) is 0.525. The lowest BCUT2D eigenvalue weighted by Crippen LogP contribution is -2.47. The van der Waals surface area contributed by atoms with Crippen molar-refractivity contribution < 1.29 is 50.3 Å². The van der Waals surface area contributed by atoms with Gasteiger partial charge in [0.2, 0.25) is 0 Å². The van der Waals surface area contributed by atoms with Gasteiger partial charge in [0, 0.05) is 83.3 Å². The van der Waals surface area contributed by atoms with E-state index >= 15 is 0 Å². The normalized spacial score (nSPS) is 17.6. The molecule has 2 saturated heterocycles. The van der Waals surface area contributed by atoms with Gasteiger partial charge in [-0.1, -0.05) is 61.4 Å². The van der Waals surface area contributed by atoms with Crippen LogP contribution < -0.4 is 14.9 Å². The van der Waals surface area contributed by atoms with Gasteiger partial charge in [0.15, 0.2) is 32.8 Å². The number of ether oxygens (including phenoxy) is 2. The minimum absolute atomic E-state index is 0.104. The Balaban J connectivity index is 0.938. The smallest absolute Gasteiger partial charge is 0.438 e. The first-order valence-electron chi connectivity index (χ1n) is 28.0. The number of esters is 2. The van der Waals surface area contributed by atoms with Crippen molar-refractivity contribution in [2.45, 2.75) is 120 Å². The van der Waals surface area contributed by atoms with E-state index in [9.17, 15) is 31.8 Å². The average molecular weight is 1230 g/mol. The van der Waals surface area contributed by atoms with E-state index in [0.29, 0.717) is 35.3 Å². The molecule has 21 heteroatoms. The van der Waals surface area contributed by atoms with Gasteiger partial charge in [-0.05, 0) is 194 Å². The van der Waals surface area contributed by atoms with E-state index in [1.54, 1.807) is 71.5 Å². The summed E-state index contributed by atoms with van der Waals surface area (Å²) in [6, 6.07) is 29.4. The number of hydrogen-bond donors (Lipinski definition) is 2. The molecule has 2 fully saturated rings. The van der Waals surface area contributed by atoms with Crippen LogP contribution in [0, 0.1) is 22.2 Å². The Morgan fingerprint density at radius 1 is 0.793 bits per heavy atom. The molecule has 82 heavy (non-hydrogen) atoms. The number of nitrogens with one attached hydrogen (secondary N) is 2. The van der Waals surface area contributed by atoms with E-state index in [1.165, 1.54) is 28.8 Å². The molecule has 4 aromatic carbocycles. The molecule has 2 unspecified atom stereocenters. The molecule has 2 heterocycles. The lowest BCUT2D eigenvalue weighted by atomic mass is 9.73. The van der Waals surface area contributed by atoms with Gasteiger partial charge in [-0.25, -0.2) is 4.21 Å². The Morgan fingerprint density at radius 3 is 2.01 bits per heavy atom. The topological polar surface area (TPSA) is 139 Å². The molecule has 2 atom stereocenters. The number of thioether (sulfide) groups is 1. The predicted octanol–water partition coefficient (Wildman–Crippen LogP) is 14.3. The van der Waals surface area contributed by atoms with E-state index in [4.69, 9.17) is 30.1 Å². The van der Waals surface area contributed by atoms with Gasteiger partial charge in [-0.2, -0.15) is 13.2 Å². The van der Waals surface area contributed by atoms with Crippen LogP contribution >= 0.6 is 43.7 Å². The third-order valence-corrected chi connectivity index (χ3v) is 19.7. The average Bonchev–Trinajstić information content (AvgIpc) is 3.46. The predicted molar refractivity (Wildman–Crippen MR) is 326 cm³/mol. The maximum absolute atomic E-state index is 14.4. The van der Waals surface area contributed by atoms with Crippen LogP contribution in [0.15, 0.2) is 117 Å². The number of hydrogen-bond acceptors (Lipinski definition) is 14. The summed E-state index contributed by atoms with van der Waals surface area (Å²) >= 11 is 8.68. The summed E-state index contributed by atoms with van der Waals surface area (Å²) in [5, 5.41) is 4.09. The number of anilines is 2. The number of halogens is 4. The van der Waals surface area contributed by atoms with Crippen molar-refractivity contribution >= 4 is 89.3 Å². The molecule has 13 nitrogen and oxygen atoms in total. The molecule has 3 aliphatic rings. The number of rotatable bonds is 24. The number of piperazine rings is 1. The molecule has 0 aromatic heterocycles. The van der Waals surface area contributed by atoms with Gasteiger partial charge in [-0.3, -0.25) is 33.1 Å². The highest BCUT2D eigenvalue weighted by atomic mass is 35.5. The zero-order chi connectivity index (χ0) is 59.2. The summed E-state index contributed by atoms with van der Waals surface area (Å²) in [4.78, 5) is 46.4. The minimum Gasteiger partial charge on any atom is -0.438 e. The third-order valence-electron chi connectivity index (χ3n) is 14.7. The number of likely N-dealkylation sites (tertiary alicyclic amines) is 1. The van der Waals surface area contributed by atoms with Crippen molar-refractivity contribution in [2.24, 2.45) is 22.2 Å². The summed E-state index contributed by atoms with van der Waals surface area (Å²) in [6.45, 7) is 21.2. The number of carbonyl (C=O) groups is 3. The zero-order valence-corrected chi connectivity index (χ0v) is 52.5. The van der Waals surface area contributed by atoms with E-state index in [0.717, 1.165) is 105 Å². The highest BCUT2D eigenvalue weighted by Crippen LogP contribution is 2.45. The molecule has 0 radical (unpaired) electrons. The van der Waals surface area contributed by atoms with Gasteiger partial charge in [0.05, 0.1) is 21.4 Å². The Hall–Kier alpha value is -4.17. The Bertz CT molecular complexity index is 2770. The molecule has 2 aliphatic heterocycles. The zero-order valence-electron chi connectivity index (χ0n) is 48.4. The van der Waals surface area contributed by atoms with Crippen LogP contribution in [0.25, 0.3) is 5.57 Å². The lowest BCUT2D eigenvalue weighted by molar-refractivity contribution is -0.161. The van der Waals surface area contributed by atoms with E-state index in [1.807, 2.05) is 54.6 Å². The number of alkyl halides is 3. The Labute approximate surface area is 500 Å². The van der Waals surface area contributed by atoms with Crippen LogP contribution in [0.5, 0.6) is 0 Å². The van der Waals surface area contributed by atoms with Crippen LogP contribution in [0.3, 0.4) is 0 Å². The molecular formula is C61H80ClF3N5O8PS3. The van der Waals surface area contributed by atoms with Crippen LogP contribution in [0.4, 0.5) is 24.5 Å². The molecule has 0 spiro atoms. The quantitative estimate of drug-likeness (QED) is 0.0226. The number of nitrogens with zero attached hydrogens (tertiary/aromatic N) is 3. The fourth-order valence-electron chi connectivity index (χ4n) is 9.87. The number of piperidine rings is 1. The van der Waals surface area contributed by atoms with Crippen molar-refractivity contribution in [3.63, 3.8) is 0 Å². The van der Waals surface area contributed by atoms with Crippen molar-refractivity contribution in [3.8, 4) is 0 Å². The van der Waals surface area contributed by atoms with Crippen LogP contribution in [-0.4, -0.2) is 121 Å². The summed E-state index contributed by atoms with van der Waals surface area (Å²) in [6.07, 6.45) is 6.00. The number of amides is 1. The second-order valence-electron chi connectivity index (χ2n) is 24.1. The highest BCUT2D eigenvalue weighted by Gasteiger charge is 2.40. The van der Waals surface area contributed by atoms with Gasteiger partial charge >= 0.3 is 17.4 Å². The minimum atomic E-state index is -5.04. The standard InChI is InChI=1S/C61H80ClF3N5O8PS3/c1-58(2,3)56(72)75-41-77-79(78-42-76-57(73)59(4,5)6)39-43-25-29-68(30-26-43)31-27-48(40-80-50-12-10-9-11-13-50)66-53-23-22-51(36-54(53)82(74)61(63,64)65)81-67-55(71)45-16-20-49(21-17-45)70-34-32-69(33-35-70)38-46-37-60(7,8)28-24-52(46)44-14-18-47(62)19-15-44/h9-23,36,43,48,66H,24-35,37-42H2,1-8H3,(H,67,71). The highest BCUT2D eigenvalue weighted by molar-refractivity contribution is 7.99. The maximum Gasteiger partial charge on any atom is 0.475 e. The molecule has 4 aromatic rings. The largest absolute Gasteiger partial charge is 0.475 e. The van der Waals surface area contributed by atoms with Crippen molar-refractivity contribution in [1.82, 2.24) is 14.5 Å². The molecule has 1 aliphatic carbocycles. The van der Waals surface area contributed by atoms with Crippen LogP contribution in [-0.2, 0) is 38.9 Å². The van der Waals surface area contributed by atoms with Crippen molar-refractivity contribution in [1.29, 1.82) is 0 Å². The Kier molecular flexibility index (Phi) is 23.7. The summed E-state index contributed by atoms with van der Waals surface area (Å²) in [5.41, 5.74) is -0.507. The molecule has 2 N–H and O–H groups in total. The first-order chi connectivity index (χ1) is 38.8. The fourth-order valence-corrected chi connectivity index (χ4v) is 13.9. The molecule has 7 rings (SSSR count). The molecular weight excluding hydrogens is 1150 g/mol. The van der Waals surface area contributed by atoms with Gasteiger partial charge in [0.25, 0.3) is 5.91 Å². The molecule has 1 amide bonds. The first-order valence-corrected chi connectivity index (χ1v) is 32.7. The number of carbonyl (C=O) groups excluding carboxylic acids is 3. The van der Waals surface area contributed by atoms with Crippen LogP contribution in [0.2, 0.25) is 5.02 Å². The van der Waals surface area contributed by atoms with E-state index in [-0.39, 0.29) is 36.6 Å². The van der Waals surface area contributed by atoms with E-state index < -0.39 is 58.3 Å². The van der Waals surface area contributed by atoms with Crippen LogP contribution in [0.1, 0.15) is 110 Å². The maximum atomic E-state index is 14.4. The van der Waals surface area contributed by atoms with Gasteiger partial charge < -0.3 is 24.6 Å². The third kappa shape index (κ3) is 20.2. The summed E-state index contributed by atoms with van der Waals surface area (Å²) < 4.78 is 81.7. The summed E-state index contributed by atoms with van der Waals surface area (Å²) in [7, 11) is -4.95. The monoisotopic (exact) mass is 1230 g/mol. The van der Waals surface area contributed by atoms with E-state index in [2.05, 4.69) is 50.7 Å². The Morgan fingerprint density at radius 2 is 1.41 bits per heavy atom. The number of benzene rings is 4. The first kappa shape index (κ1) is 65.4. The molecule has 448 valence electrons.